The minimum Gasteiger partial charge on any atom is -0.392 e. The molecule has 3 rings (SSSR count). The molecule has 0 radical (unpaired) electrons. The number of hydrogen-bond donors (Lipinski definition) is 2. The molecular weight excluding hydrogens is 349 g/mol. The lowest BCUT2D eigenvalue weighted by molar-refractivity contribution is -0.135. The predicted octanol–water partition coefficient (Wildman–Crippen LogP) is 1.52. The molecule has 7 heteroatoms. The van der Waals surface area contributed by atoms with Gasteiger partial charge in [-0.05, 0) is 57.0 Å². The second-order valence-corrected chi connectivity index (χ2v) is 7.63. The molecule has 0 bridgehead atoms. The molecule has 0 aliphatic carbocycles. The molecule has 0 aromatic carbocycles. The third-order valence-electron chi connectivity index (χ3n) is 5.63. The Morgan fingerprint density at radius 3 is 2.50 bits per heavy atom. The molecule has 1 amide bonds. The van der Waals surface area contributed by atoms with E-state index in [0.717, 1.165) is 32.0 Å². The number of carbonyl (C=O) groups is 1. The van der Waals surface area contributed by atoms with E-state index in [2.05, 4.69) is 17.1 Å². The third kappa shape index (κ3) is 5.73. The molecule has 24 heavy (non-hydrogen) atoms. The summed E-state index contributed by atoms with van der Waals surface area (Å²) in [6, 6.07) is -0.162. The summed E-state index contributed by atoms with van der Waals surface area (Å²) in [5.74, 6) is 1.70. The van der Waals surface area contributed by atoms with Crippen LogP contribution in [-0.4, -0.2) is 72.2 Å². The molecule has 5 nitrogen and oxygen atoms in total. The molecule has 2 N–H and O–H groups in total. The fourth-order valence-corrected chi connectivity index (χ4v) is 4.15. The van der Waals surface area contributed by atoms with E-state index in [1.165, 1.54) is 32.4 Å². The van der Waals surface area contributed by atoms with Crippen LogP contribution in [-0.2, 0) is 4.79 Å². The Balaban J connectivity index is 0.00000144. The zero-order valence-corrected chi connectivity index (χ0v) is 16.3. The second-order valence-electron chi connectivity index (χ2n) is 7.63. The number of piperidine rings is 2. The molecule has 3 aliphatic rings. The lowest BCUT2D eigenvalue weighted by Gasteiger charge is -2.38. The minimum absolute atomic E-state index is 0. The average Bonchev–Trinajstić information content (AvgIpc) is 2.96. The standard InChI is InChI=1S/C17H31N3O2.2ClH/c1-13-4-7-19(8-5-13)11-14-3-2-6-20(12-14)17(22)16-9-15(21)10-18-16;;/h13-16,18,21H,2-12H2,1H3;2*1H. The Labute approximate surface area is 158 Å². The molecule has 3 atom stereocenters. The highest BCUT2D eigenvalue weighted by Crippen LogP contribution is 2.23. The van der Waals surface area contributed by atoms with Gasteiger partial charge in [0.25, 0.3) is 0 Å². The topological polar surface area (TPSA) is 55.8 Å². The van der Waals surface area contributed by atoms with E-state index in [1.54, 1.807) is 0 Å². The molecule has 0 saturated carbocycles. The summed E-state index contributed by atoms with van der Waals surface area (Å²) in [5.41, 5.74) is 0. The van der Waals surface area contributed by atoms with Crippen LogP contribution in [0.2, 0.25) is 0 Å². The van der Waals surface area contributed by atoms with E-state index in [-0.39, 0.29) is 42.9 Å². The van der Waals surface area contributed by atoms with Gasteiger partial charge in [-0.15, -0.1) is 24.8 Å². The van der Waals surface area contributed by atoms with Crippen LogP contribution in [0.15, 0.2) is 0 Å². The Morgan fingerprint density at radius 2 is 1.88 bits per heavy atom. The summed E-state index contributed by atoms with van der Waals surface area (Å²) < 4.78 is 0. The highest BCUT2D eigenvalue weighted by molar-refractivity contribution is 5.85. The van der Waals surface area contributed by atoms with Gasteiger partial charge in [0.2, 0.25) is 5.91 Å². The van der Waals surface area contributed by atoms with Crippen molar-refractivity contribution >= 4 is 30.7 Å². The second kappa shape index (κ2) is 10.2. The number of aliphatic hydroxyl groups excluding tert-OH is 1. The first-order valence-electron chi connectivity index (χ1n) is 9.04. The maximum atomic E-state index is 12.6. The summed E-state index contributed by atoms with van der Waals surface area (Å²) in [6.07, 6.45) is 5.22. The van der Waals surface area contributed by atoms with E-state index in [9.17, 15) is 9.90 Å². The fourth-order valence-electron chi connectivity index (χ4n) is 4.15. The number of halogens is 2. The van der Waals surface area contributed by atoms with Crippen molar-refractivity contribution in [3.05, 3.63) is 0 Å². The van der Waals surface area contributed by atoms with Crippen LogP contribution in [0.3, 0.4) is 0 Å². The normalized spacial score (nSPS) is 32.1. The third-order valence-corrected chi connectivity index (χ3v) is 5.63. The van der Waals surface area contributed by atoms with Gasteiger partial charge in [0, 0.05) is 26.2 Å². The number of rotatable bonds is 3. The molecule has 0 spiro atoms. The van der Waals surface area contributed by atoms with Crippen molar-refractivity contribution in [2.24, 2.45) is 11.8 Å². The van der Waals surface area contributed by atoms with Crippen LogP contribution in [0.25, 0.3) is 0 Å². The predicted molar refractivity (Wildman–Crippen MR) is 101 cm³/mol. The molecule has 0 aromatic rings. The Hall–Kier alpha value is -0.0700. The van der Waals surface area contributed by atoms with Gasteiger partial charge in [0.15, 0.2) is 0 Å². The first-order chi connectivity index (χ1) is 10.6. The summed E-state index contributed by atoms with van der Waals surface area (Å²) in [4.78, 5) is 17.2. The largest absolute Gasteiger partial charge is 0.392 e. The summed E-state index contributed by atoms with van der Waals surface area (Å²) in [5, 5.41) is 12.7. The van der Waals surface area contributed by atoms with Gasteiger partial charge in [-0.3, -0.25) is 4.79 Å². The van der Waals surface area contributed by atoms with Crippen LogP contribution < -0.4 is 5.32 Å². The Bertz CT molecular complexity index is 392. The number of β-amino-alcohol motifs (C(OH)–C–C–N with tert-alkyl or cyclic N) is 1. The highest BCUT2D eigenvalue weighted by atomic mass is 35.5. The van der Waals surface area contributed by atoms with Gasteiger partial charge in [-0.25, -0.2) is 0 Å². The van der Waals surface area contributed by atoms with Crippen molar-refractivity contribution in [2.75, 3.05) is 39.3 Å². The zero-order chi connectivity index (χ0) is 15.5. The minimum atomic E-state index is -0.357. The lowest BCUT2D eigenvalue weighted by atomic mass is 9.94. The Kier molecular flexibility index (Phi) is 9.31. The number of nitrogens with zero attached hydrogens (tertiary/aromatic N) is 2. The van der Waals surface area contributed by atoms with E-state index in [1.807, 2.05) is 4.90 Å². The summed E-state index contributed by atoms with van der Waals surface area (Å²) in [7, 11) is 0. The maximum Gasteiger partial charge on any atom is 0.239 e. The van der Waals surface area contributed by atoms with E-state index in [0.29, 0.717) is 18.9 Å². The molecule has 3 fully saturated rings. The number of carbonyl (C=O) groups excluding carboxylic acids is 1. The monoisotopic (exact) mass is 381 g/mol. The van der Waals surface area contributed by atoms with Gasteiger partial charge >= 0.3 is 0 Å². The summed E-state index contributed by atoms with van der Waals surface area (Å²) in [6.45, 7) is 8.29. The first kappa shape index (κ1) is 22.0. The smallest absolute Gasteiger partial charge is 0.239 e. The quantitative estimate of drug-likeness (QED) is 0.777. The molecule has 3 heterocycles. The number of likely N-dealkylation sites (tertiary alicyclic amines) is 2. The van der Waals surface area contributed by atoms with Gasteiger partial charge in [-0.1, -0.05) is 6.92 Å². The fraction of sp³-hybridized carbons (Fsp3) is 0.941. The van der Waals surface area contributed by atoms with Gasteiger partial charge in [-0.2, -0.15) is 0 Å². The number of nitrogens with one attached hydrogen (secondary N) is 1. The van der Waals surface area contributed by atoms with Crippen molar-refractivity contribution in [1.29, 1.82) is 0 Å². The molecule has 3 unspecified atom stereocenters. The average molecular weight is 382 g/mol. The van der Waals surface area contributed by atoms with Crippen molar-refractivity contribution in [3.63, 3.8) is 0 Å². The van der Waals surface area contributed by atoms with Crippen LogP contribution in [0, 0.1) is 11.8 Å². The molecule has 0 aromatic heterocycles. The van der Waals surface area contributed by atoms with E-state index < -0.39 is 0 Å². The van der Waals surface area contributed by atoms with Crippen molar-refractivity contribution in [2.45, 2.75) is 51.2 Å². The highest BCUT2D eigenvalue weighted by Gasteiger charge is 2.34. The van der Waals surface area contributed by atoms with Crippen LogP contribution in [0.4, 0.5) is 0 Å². The lowest BCUT2D eigenvalue weighted by Crippen LogP contribution is -2.50. The van der Waals surface area contributed by atoms with Gasteiger partial charge < -0.3 is 20.2 Å². The van der Waals surface area contributed by atoms with Crippen LogP contribution in [0.1, 0.15) is 39.0 Å². The number of aliphatic hydroxyl groups is 1. The zero-order valence-electron chi connectivity index (χ0n) is 14.7. The number of hydrogen-bond acceptors (Lipinski definition) is 4. The first-order valence-corrected chi connectivity index (χ1v) is 9.04. The van der Waals surface area contributed by atoms with Crippen molar-refractivity contribution < 1.29 is 9.90 Å². The van der Waals surface area contributed by atoms with Crippen molar-refractivity contribution in [1.82, 2.24) is 15.1 Å². The number of amides is 1. The molecule has 3 aliphatic heterocycles. The molecule has 3 saturated heterocycles. The molecular formula is C17H33Cl2N3O2. The summed E-state index contributed by atoms with van der Waals surface area (Å²) >= 11 is 0. The van der Waals surface area contributed by atoms with Gasteiger partial charge in [0.1, 0.15) is 0 Å². The Morgan fingerprint density at radius 1 is 1.17 bits per heavy atom. The molecule has 142 valence electrons. The van der Waals surface area contributed by atoms with Gasteiger partial charge in [0.05, 0.1) is 12.1 Å². The van der Waals surface area contributed by atoms with E-state index >= 15 is 0 Å². The SMILES string of the molecule is CC1CCN(CC2CCCN(C(=O)C3CC(O)CN3)C2)CC1.Cl.Cl. The van der Waals surface area contributed by atoms with Crippen molar-refractivity contribution in [3.8, 4) is 0 Å². The van der Waals surface area contributed by atoms with E-state index in [4.69, 9.17) is 0 Å². The van der Waals surface area contributed by atoms with Crippen LogP contribution >= 0.6 is 24.8 Å². The maximum absolute atomic E-state index is 12.6. The van der Waals surface area contributed by atoms with Crippen LogP contribution in [0.5, 0.6) is 0 Å².